The van der Waals surface area contributed by atoms with Crippen LogP contribution < -0.4 is 9.47 Å². The summed E-state index contributed by atoms with van der Waals surface area (Å²) in [5, 5.41) is 2.88. The van der Waals surface area contributed by atoms with E-state index in [1.165, 1.54) is 11.1 Å². The summed E-state index contributed by atoms with van der Waals surface area (Å²) in [6.45, 7) is 8.23. The molecule has 0 atom stereocenters. The van der Waals surface area contributed by atoms with Crippen molar-refractivity contribution in [1.82, 2.24) is 9.88 Å². The molecule has 0 unspecified atom stereocenters. The second-order valence-electron chi connectivity index (χ2n) is 8.03. The first-order chi connectivity index (χ1) is 15.9. The van der Waals surface area contributed by atoms with E-state index in [2.05, 4.69) is 32.9 Å². The van der Waals surface area contributed by atoms with Gasteiger partial charge in [-0.25, -0.2) is 4.98 Å². The smallest absolute Gasteiger partial charge is 0.254 e. The number of hydrogen-bond donors (Lipinski definition) is 0. The van der Waals surface area contributed by atoms with Crippen molar-refractivity contribution in [3.63, 3.8) is 0 Å². The van der Waals surface area contributed by atoms with Gasteiger partial charge in [0.05, 0.1) is 19.3 Å². The van der Waals surface area contributed by atoms with E-state index in [1.54, 1.807) is 37.7 Å². The summed E-state index contributed by atoms with van der Waals surface area (Å²) in [7, 11) is 3.26. The molecule has 0 bridgehead atoms. The molecule has 6 nitrogen and oxygen atoms in total. The SMILES string of the molecule is COCCCN(Cc1csc(COc2cc(C)cc(C)c2C)n1)C(=O)c1cccc(OC)c1. The molecule has 0 fully saturated rings. The molecule has 3 aromatic rings. The fourth-order valence-electron chi connectivity index (χ4n) is 3.56. The van der Waals surface area contributed by atoms with E-state index in [9.17, 15) is 4.79 Å². The van der Waals surface area contributed by atoms with Gasteiger partial charge in [-0.1, -0.05) is 12.1 Å². The van der Waals surface area contributed by atoms with Gasteiger partial charge in [-0.2, -0.15) is 0 Å². The first kappa shape index (κ1) is 24.7. The van der Waals surface area contributed by atoms with Crippen LogP contribution in [-0.2, 0) is 17.9 Å². The molecule has 0 saturated heterocycles. The van der Waals surface area contributed by atoms with Crippen molar-refractivity contribution in [3.8, 4) is 11.5 Å². The molecule has 0 saturated carbocycles. The number of rotatable bonds is 11. The van der Waals surface area contributed by atoms with Gasteiger partial charge in [-0.3, -0.25) is 4.79 Å². The van der Waals surface area contributed by atoms with Crippen LogP contribution in [0.4, 0.5) is 0 Å². The molecule has 0 spiro atoms. The minimum Gasteiger partial charge on any atom is -0.497 e. The largest absolute Gasteiger partial charge is 0.497 e. The van der Waals surface area contributed by atoms with Crippen molar-refractivity contribution in [2.75, 3.05) is 27.4 Å². The lowest BCUT2D eigenvalue weighted by Crippen LogP contribution is -2.32. The molecule has 2 aromatic carbocycles. The van der Waals surface area contributed by atoms with E-state index in [0.29, 0.717) is 37.6 Å². The standard InChI is InChI=1S/C26H32N2O4S/c1-18-12-19(2)20(3)24(13-18)32-16-25-27-22(17-33-25)15-28(10-7-11-30-4)26(29)21-8-6-9-23(14-21)31-5/h6,8-9,12-14,17H,7,10-11,15-16H2,1-5H3. The summed E-state index contributed by atoms with van der Waals surface area (Å²) in [5.41, 5.74) is 4.98. The molecule has 0 radical (unpaired) electrons. The van der Waals surface area contributed by atoms with E-state index < -0.39 is 0 Å². The van der Waals surface area contributed by atoms with Gasteiger partial charge in [0, 0.05) is 31.2 Å². The number of aromatic nitrogens is 1. The maximum absolute atomic E-state index is 13.2. The molecule has 0 aliphatic carbocycles. The molecular formula is C26H32N2O4S. The average molecular weight is 469 g/mol. The van der Waals surface area contributed by atoms with Crippen LogP contribution >= 0.6 is 11.3 Å². The first-order valence-corrected chi connectivity index (χ1v) is 11.9. The molecule has 3 rings (SSSR count). The first-order valence-electron chi connectivity index (χ1n) is 11.0. The number of thiazole rings is 1. The zero-order chi connectivity index (χ0) is 23.8. The Morgan fingerprint density at radius 3 is 2.70 bits per heavy atom. The van der Waals surface area contributed by atoms with E-state index in [-0.39, 0.29) is 5.91 Å². The normalized spacial score (nSPS) is 10.8. The molecule has 0 aliphatic rings. The van der Waals surface area contributed by atoms with Crippen molar-refractivity contribution in [3.05, 3.63) is 74.7 Å². The monoisotopic (exact) mass is 468 g/mol. The topological polar surface area (TPSA) is 60.9 Å². The number of nitrogens with zero attached hydrogens (tertiary/aromatic N) is 2. The van der Waals surface area contributed by atoms with Crippen LogP contribution in [-0.4, -0.2) is 43.2 Å². The Morgan fingerprint density at radius 1 is 1.12 bits per heavy atom. The van der Waals surface area contributed by atoms with Gasteiger partial charge in [0.15, 0.2) is 0 Å². The van der Waals surface area contributed by atoms with Crippen molar-refractivity contribution in [2.24, 2.45) is 0 Å². The van der Waals surface area contributed by atoms with Gasteiger partial charge in [-0.15, -0.1) is 11.3 Å². The molecule has 1 aromatic heterocycles. The van der Waals surface area contributed by atoms with Gasteiger partial charge in [0.1, 0.15) is 23.1 Å². The van der Waals surface area contributed by atoms with Crippen molar-refractivity contribution >= 4 is 17.2 Å². The third-order valence-electron chi connectivity index (χ3n) is 5.45. The van der Waals surface area contributed by atoms with Crippen LogP contribution in [0.5, 0.6) is 11.5 Å². The van der Waals surface area contributed by atoms with Crippen LogP contribution in [0.25, 0.3) is 0 Å². The molecule has 1 heterocycles. The van der Waals surface area contributed by atoms with Crippen LogP contribution in [0, 0.1) is 20.8 Å². The number of carbonyl (C=O) groups excluding carboxylic acids is 1. The third kappa shape index (κ3) is 6.79. The number of amides is 1. The zero-order valence-corrected chi connectivity index (χ0v) is 20.8. The van der Waals surface area contributed by atoms with Crippen molar-refractivity contribution < 1.29 is 19.0 Å². The fourth-order valence-corrected chi connectivity index (χ4v) is 4.26. The number of ether oxygens (including phenoxy) is 3. The number of carbonyl (C=O) groups is 1. The Kier molecular flexibility index (Phi) is 8.86. The summed E-state index contributed by atoms with van der Waals surface area (Å²) >= 11 is 1.55. The molecule has 33 heavy (non-hydrogen) atoms. The van der Waals surface area contributed by atoms with E-state index in [0.717, 1.165) is 28.4 Å². The quantitative estimate of drug-likeness (QED) is 0.356. The number of benzene rings is 2. The average Bonchev–Trinajstić information content (AvgIpc) is 3.26. The maximum Gasteiger partial charge on any atom is 0.254 e. The van der Waals surface area contributed by atoms with Gasteiger partial charge in [-0.05, 0) is 68.1 Å². The Bertz CT molecular complexity index is 1080. The maximum atomic E-state index is 13.2. The predicted molar refractivity (Wildman–Crippen MR) is 131 cm³/mol. The highest BCUT2D eigenvalue weighted by Gasteiger charge is 2.18. The van der Waals surface area contributed by atoms with E-state index >= 15 is 0 Å². The molecule has 7 heteroatoms. The molecule has 1 amide bonds. The minimum absolute atomic E-state index is 0.0540. The summed E-state index contributed by atoms with van der Waals surface area (Å²) in [6, 6.07) is 11.4. The number of aryl methyl sites for hydroxylation is 2. The van der Waals surface area contributed by atoms with Crippen molar-refractivity contribution in [1.29, 1.82) is 0 Å². The van der Waals surface area contributed by atoms with Crippen molar-refractivity contribution in [2.45, 2.75) is 40.3 Å². The lowest BCUT2D eigenvalue weighted by atomic mass is 10.1. The summed E-state index contributed by atoms with van der Waals surface area (Å²) in [5.74, 6) is 1.49. The highest BCUT2D eigenvalue weighted by Crippen LogP contribution is 2.25. The van der Waals surface area contributed by atoms with Gasteiger partial charge >= 0.3 is 0 Å². The Morgan fingerprint density at radius 2 is 1.94 bits per heavy atom. The molecule has 0 N–H and O–H groups in total. The molecule has 0 aliphatic heterocycles. The van der Waals surface area contributed by atoms with Crippen LogP contribution in [0.3, 0.4) is 0 Å². The summed E-state index contributed by atoms with van der Waals surface area (Å²) in [4.78, 5) is 19.7. The highest BCUT2D eigenvalue weighted by molar-refractivity contribution is 7.09. The second-order valence-corrected chi connectivity index (χ2v) is 8.97. The number of methoxy groups -OCH3 is 2. The zero-order valence-electron chi connectivity index (χ0n) is 20.0. The Hall–Kier alpha value is -2.90. The lowest BCUT2D eigenvalue weighted by Gasteiger charge is -2.22. The minimum atomic E-state index is -0.0540. The summed E-state index contributed by atoms with van der Waals surface area (Å²) in [6.07, 6.45) is 0.748. The predicted octanol–water partition coefficient (Wildman–Crippen LogP) is 5.33. The highest BCUT2D eigenvalue weighted by atomic mass is 32.1. The molecule has 176 valence electrons. The molecular weight excluding hydrogens is 436 g/mol. The fraction of sp³-hybridized carbons (Fsp3) is 0.385. The van der Waals surface area contributed by atoms with Crippen LogP contribution in [0.15, 0.2) is 41.8 Å². The van der Waals surface area contributed by atoms with Crippen LogP contribution in [0.2, 0.25) is 0 Å². The van der Waals surface area contributed by atoms with Crippen LogP contribution in [0.1, 0.15) is 44.2 Å². The van der Waals surface area contributed by atoms with Gasteiger partial charge < -0.3 is 19.1 Å². The number of hydrogen-bond acceptors (Lipinski definition) is 6. The van der Waals surface area contributed by atoms with E-state index in [4.69, 9.17) is 19.2 Å². The van der Waals surface area contributed by atoms with E-state index in [1.807, 2.05) is 22.4 Å². The van der Waals surface area contributed by atoms with Gasteiger partial charge in [0.2, 0.25) is 0 Å². The second kappa shape index (κ2) is 11.8. The summed E-state index contributed by atoms with van der Waals surface area (Å²) < 4.78 is 16.5. The lowest BCUT2D eigenvalue weighted by molar-refractivity contribution is 0.0721. The third-order valence-corrected chi connectivity index (χ3v) is 6.32. The Balaban J connectivity index is 1.69. The Labute approximate surface area is 200 Å². The van der Waals surface area contributed by atoms with Gasteiger partial charge in [0.25, 0.3) is 5.91 Å².